The molecule has 3 heterocycles. The second-order valence-corrected chi connectivity index (χ2v) is 10.6. The fraction of sp³-hybridized carbons (Fsp3) is 0.600. The highest BCUT2D eigenvalue weighted by Crippen LogP contribution is 2.38. The summed E-state index contributed by atoms with van der Waals surface area (Å²) in [6.45, 7) is 9.32. The summed E-state index contributed by atoms with van der Waals surface area (Å²) in [6, 6.07) is 7.12. The van der Waals surface area contributed by atoms with E-state index in [1.807, 2.05) is 44.6 Å². The van der Waals surface area contributed by atoms with E-state index in [0.717, 1.165) is 42.1 Å². The Hall–Kier alpha value is -2.34. The van der Waals surface area contributed by atoms with E-state index in [4.69, 9.17) is 0 Å². The molecule has 1 unspecified atom stereocenters. The second-order valence-electron chi connectivity index (χ2n) is 10.6. The summed E-state index contributed by atoms with van der Waals surface area (Å²) < 4.78 is 2.03. The number of fused-ring (bicyclic) bond motifs is 3. The number of hydrogen-bond acceptors (Lipinski definition) is 3. The summed E-state index contributed by atoms with van der Waals surface area (Å²) in [5, 5.41) is 7.28. The lowest BCUT2D eigenvalue weighted by molar-refractivity contribution is -0.125. The van der Waals surface area contributed by atoms with Crippen LogP contribution in [-0.2, 0) is 11.8 Å². The highest BCUT2D eigenvalue weighted by Gasteiger charge is 2.41. The van der Waals surface area contributed by atoms with Crippen molar-refractivity contribution in [3.05, 3.63) is 35.5 Å². The summed E-state index contributed by atoms with van der Waals surface area (Å²) in [5.41, 5.74) is 2.83. The van der Waals surface area contributed by atoms with E-state index in [1.54, 1.807) is 0 Å². The fourth-order valence-corrected chi connectivity index (χ4v) is 5.44. The molecule has 2 aliphatic rings. The molecule has 2 bridgehead atoms. The van der Waals surface area contributed by atoms with Crippen LogP contribution in [0, 0.1) is 12.8 Å². The van der Waals surface area contributed by atoms with Crippen LogP contribution in [0.1, 0.15) is 62.4 Å². The largest absolute Gasteiger partial charge is 0.352 e. The molecule has 3 atom stereocenters. The number of amides is 2. The number of carbonyl (C=O) groups excluding carboxylic acids is 2. The van der Waals surface area contributed by atoms with Crippen molar-refractivity contribution in [1.29, 1.82) is 0 Å². The van der Waals surface area contributed by atoms with E-state index in [0.29, 0.717) is 31.1 Å². The van der Waals surface area contributed by atoms with Gasteiger partial charge in [0.15, 0.2) is 0 Å². The van der Waals surface area contributed by atoms with Crippen LogP contribution in [0.15, 0.2) is 24.4 Å². The van der Waals surface area contributed by atoms with Gasteiger partial charge in [-0.25, -0.2) is 0 Å². The molecule has 2 N–H and O–H groups in total. The number of nitrogens with zero attached hydrogens (tertiary/aromatic N) is 2. The van der Waals surface area contributed by atoms with Gasteiger partial charge in [-0.1, -0.05) is 12.1 Å². The molecule has 0 saturated carbocycles. The smallest absolute Gasteiger partial charge is 0.253 e. The number of nitrogens with one attached hydrogen (secondary N) is 2. The minimum absolute atomic E-state index is 0.00813. The standard InChI is InChI=1S/C25H36N4O2/c1-16-6-9-20-21(14-28(5)22(20)10-16)24(31)26-13-17-11-18-7-8-19(12-17)29(18)15-23(30)27-25(2,3)4/h6,9-10,14,17-19H,7-8,11-13,15H2,1-5H3,(H,26,31)(H,27,30)/t17?,18-,19+. The van der Waals surface area contributed by atoms with Gasteiger partial charge in [0.2, 0.25) is 5.91 Å². The van der Waals surface area contributed by atoms with Gasteiger partial charge < -0.3 is 15.2 Å². The number of aryl methyl sites for hydroxylation is 2. The van der Waals surface area contributed by atoms with Gasteiger partial charge in [0.1, 0.15) is 0 Å². The predicted octanol–water partition coefficient (Wildman–Crippen LogP) is 3.37. The van der Waals surface area contributed by atoms with Crippen molar-refractivity contribution < 1.29 is 9.59 Å². The molecule has 2 fully saturated rings. The molecule has 2 amide bonds. The zero-order valence-corrected chi connectivity index (χ0v) is 19.5. The molecule has 2 aliphatic heterocycles. The van der Waals surface area contributed by atoms with E-state index in [9.17, 15) is 9.59 Å². The van der Waals surface area contributed by atoms with Crippen LogP contribution >= 0.6 is 0 Å². The molecule has 0 radical (unpaired) electrons. The third-order valence-corrected chi connectivity index (χ3v) is 6.76. The average molecular weight is 425 g/mol. The molecule has 0 spiro atoms. The summed E-state index contributed by atoms with van der Waals surface area (Å²) in [7, 11) is 1.99. The first-order valence-electron chi connectivity index (χ1n) is 11.5. The summed E-state index contributed by atoms with van der Waals surface area (Å²) >= 11 is 0. The molecular formula is C25H36N4O2. The van der Waals surface area contributed by atoms with Crippen molar-refractivity contribution >= 4 is 22.7 Å². The summed E-state index contributed by atoms with van der Waals surface area (Å²) in [4.78, 5) is 27.7. The minimum Gasteiger partial charge on any atom is -0.352 e. The highest BCUT2D eigenvalue weighted by atomic mass is 16.2. The molecule has 2 aromatic rings. The van der Waals surface area contributed by atoms with Gasteiger partial charge in [0.25, 0.3) is 5.91 Å². The fourth-order valence-electron chi connectivity index (χ4n) is 5.44. The Bertz CT molecular complexity index is 973. The molecule has 2 saturated heterocycles. The molecule has 1 aromatic heterocycles. The minimum atomic E-state index is -0.195. The molecule has 1 aromatic carbocycles. The quantitative estimate of drug-likeness (QED) is 0.773. The third kappa shape index (κ3) is 4.79. The Labute approximate surface area is 185 Å². The van der Waals surface area contributed by atoms with Crippen molar-refractivity contribution in [2.75, 3.05) is 13.1 Å². The van der Waals surface area contributed by atoms with Gasteiger partial charge >= 0.3 is 0 Å². The molecule has 31 heavy (non-hydrogen) atoms. The third-order valence-electron chi connectivity index (χ3n) is 6.76. The number of carbonyl (C=O) groups is 2. The zero-order valence-electron chi connectivity index (χ0n) is 19.5. The lowest BCUT2D eigenvalue weighted by Gasteiger charge is -2.39. The Morgan fingerprint density at radius 3 is 2.45 bits per heavy atom. The Morgan fingerprint density at radius 2 is 1.81 bits per heavy atom. The van der Waals surface area contributed by atoms with Crippen molar-refractivity contribution in [1.82, 2.24) is 20.1 Å². The van der Waals surface area contributed by atoms with Crippen LogP contribution in [0.4, 0.5) is 0 Å². The van der Waals surface area contributed by atoms with Crippen LogP contribution in [0.5, 0.6) is 0 Å². The van der Waals surface area contributed by atoms with E-state index >= 15 is 0 Å². The zero-order chi connectivity index (χ0) is 22.3. The lowest BCUT2D eigenvalue weighted by atomic mass is 9.90. The van der Waals surface area contributed by atoms with Crippen LogP contribution < -0.4 is 10.6 Å². The van der Waals surface area contributed by atoms with Crippen LogP contribution in [-0.4, -0.2) is 52.0 Å². The van der Waals surface area contributed by atoms with Crippen molar-refractivity contribution in [2.45, 2.75) is 71.0 Å². The second kappa shape index (κ2) is 8.30. The van der Waals surface area contributed by atoms with Crippen LogP contribution in [0.3, 0.4) is 0 Å². The van der Waals surface area contributed by atoms with Gasteiger partial charge in [0.05, 0.1) is 12.1 Å². The lowest BCUT2D eigenvalue weighted by Crippen LogP contribution is -2.52. The first kappa shape index (κ1) is 21.9. The molecule has 0 aliphatic carbocycles. The van der Waals surface area contributed by atoms with Crippen LogP contribution in [0.25, 0.3) is 10.9 Å². The number of hydrogen-bond donors (Lipinski definition) is 2. The van der Waals surface area contributed by atoms with Crippen LogP contribution in [0.2, 0.25) is 0 Å². The molecule has 168 valence electrons. The van der Waals surface area contributed by atoms with E-state index < -0.39 is 0 Å². The monoisotopic (exact) mass is 424 g/mol. The van der Waals surface area contributed by atoms with Gasteiger partial charge in [0, 0.05) is 48.3 Å². The number of aromatic nitrogens is 1. The van der Waals surface area contributed by atoms with Crippen molar-refractivity contribution in [2.24, 2.45) is 13.0 Å². The molecule has 4 rings (SSSR count). The molecule has 6 heteroatoms. The summed E-state index contributed by atoms with van der Waals surface area (Å²) in [6.07, 6.45) is 6.34. The maximum atomic E-state index is 12.9. The Morgan fingerprint density at radius 1 is 1.13 bits per heavy atom. The van der Waals surface area contributed by atoms with Gasteiger partial charge in [-0.3, -0.25) is 14.5 Å². The van der Waals surface area contributed by atoms with Gasteiger partial charge in [-0.2, -0.15) is 0 Å². The van der Waals surface area contributed by atoms with E-state index in [2.05, 4.69) is 34.6 Å². The normalized spacial score (nSPS) is 23.8. The van der Waals surface area contributed by atoms with E-state index in [-0.39, 0.29) is 17.4 Å². The van der Waals surface area contributed by atoms with Crippen molar-refractivity contribution in [3.8, 4) is 0 Å². The van der Waals surface area contributed by atoms with Crippen molar-refractivity contribution in [3.63, 3.8) is 0 Å². The van der Waals surface area contributed by atoms with Gasteiger partial charge in [-0.15, -0.1) is 0 Å². The Kier molecular flexibility index (Phi) is 5.86. The maximum Gasteiger partial charge on any atom is 0.253 e. The molecule has 6 nitrogen and oxygen atoms in total. The SMILES string of the molecule is Cc1ccc2c(C(=O)NCC3C[C@H]4CC[C@@H](C3)N4CC(=O)NC(C)(C)C)cn(C)c2c1. The number of benzene rings is 1. The average Bonchev–Trinajstić information content (AvgIpc) is 3.10. The maximum absolute atomic E-state index is 12.9. The Balaban J connectivity index is 1.34. The highest BCUT2D eigenvalue weighted by molar-refractivity contribution is 6.07. The first-order valence-corrected chi connectivity index (χ1v) is 11.5. The number of rotatable bonds is 5. The van der Waals surface area contributed by atoms with E-state index in [1.165, 1.54) is 5.56 Å². The topological polar surface area (TPSA) is 66.4 Å². The summed E-state index contributed by atoms with van der Waals surface area (Å²) in [5.74, 6) is 0.594. The first-order chi connectivity index (χ1) is 14.6. The van der Waals surface area contributed by atoms with Gasteiger partial charge in [-0.05, 0) is 70.9 Å². The molecular weight excluding hydrogens is 388 g/mol. The number of piperidine rings is 1. The predicted molar refractivity (Wildman–Crippen MR) is 124 cm³/mol.